The maximum Gasteiger partial charge on any atom is 0.306 e. The van der Waals surface area contributed by atoms with Gasteiger partial charge in [-0.1, -0.05) is 291 Å². The Balaban J connectivity index is 4.32. The highest BCUT2D eigenvalue weighted by Gasteiger charge is 2.19. The molecule has 0 radical (unpaired) electrons. The molecule has 0 heterocycles. The number of ether oxygens (including phenoxy) is 3. The molecule has 6 nitrogen and oxygen atoms in total. The molecule has 0 aliphatic heterocycles. The first-order chi connectivity index (χ1) is 36.5. The van der Waals surface area contributed by atoms with E-state index in [9.17, 15) is 14.4 Å². The van der Waals surface area contributed by atoms with E-state index in [2.05, 4.69) is 112 Å². The second kappa shape index (κ2) is 61.9. The molecule has 0 fully saturated rings. The van der Waals surface area contributed by atoms with Gasteiger partial charge in [-0.2, -0.15) is 0 Å². The molecule has 74 heavy (non-hydrogen) atoms. The van der Waals surface area contributed by atoms with Crippen molar-refractivity contribution in [3.63, 3.8) is 0 Å². The van der Waals surface area contributed by atoms with Crippen LogP contribution in [0.2, 0.25) is 0 Å². The van der Waals surface area contributed by atoms with Gasteiger partial charge in [0, 0.05) is 19.3 Å². The molecule has 0 amide bonds. The Labute approximate surface area is 457 Å². The summed E-state index contributed by atoms with van der Waals surface area (Å²) in [6.07, 6.45) is 83.0. The Kier molecular flexibility index (Phi) is 58.8. The minimum absolute atomic E-state index is 0.108. The number of allylic oxidation sites excluding steroid dienone is 16. The molecule has 0 saturated heterocycles. The Bertz CT molecular complexity index is 1460. The summed E-state index contributed by atoms with van der Waals surface area (Å²) < 4.78 is 16.8. The number of carbonyl (C=O) groups excluding carboxylic acids is 3. The SMILES string of the molecule is CC/C=C\C/C=C\C/C=C\C/C=C\CCCCCCC(=O)OC(COC(=O)CC/C=C\C/C=C\C/C=C\C/C=C\CC)COC(=O)CCCCCCCCCCCCCCCCCCCCCCCCCCCC. The molecule has 0 spiro atoms. The third kappa shape index (κ3) is 59.2. The van der Waals surface area contributed by atoms with Gasteiger partial charge in [0.1, 0.15) is 13.2 Å². The Morgan fingerprint density at radius 1 is 0.284 bits per heavy atom. The van der Waals surface area contributed by atoms with Crippen LogP contribution in [0.5, 0.6) is 0 Å². The van der Waals surface area contributed by atoms with Gasteiger partial charge in [-0.3, -0.25) is 14.4 Å². The van der Waals surface area contributed by atoms with E-state index in [1.54, 1.807) is 0 Å². The minimum Gasteiger partial charge on any atom is -0.462 e. The van der Waals surface area contributed by atoms with Gasteiger partial charge in [-0.15, -0.1) is 0 Å². The lowest BCUT2D eigenvalue weighted by atomic mass is 10.0. The van der Waals surface area contributed by atoms with Crippen molar-refractivity contribution < 1.29 is 28.6 Å². The highest BCUT2D eigenvalue weighted by atomic mass is 16.6. The van der Waals surface area contributed by atoms with Crippen LogP contribution in [-0.2, 0) is 28.6 Å². The molecule has 0 aliphatic carbocycles. The minimum atomic E-state index is -0.820. The Morgan fingerprint density at radius 3 is 0.905 bits per heavy atom. The summed E-state index contributed by atoms with van der Waals surface area (Å²) in [5, 5.41) is 0. The van der Waals surface area contributed by atoms with E-state index >= 15 is 0 Å². The summed E-state index contributed by atoms with van der Waals surface area (Å²) in [5.41, 5.74) is 0. The van der Waals surface area contributed by atoms with Crippen molar-refractivity contribution in [2.24, 2.45) is 0 Å². The Hall–Kier alpha value is -3.67. The molecule has 0 bridgehead atoms. The number of hydrogen-bond acceptors (Lipinski definition) is 6. The van der Waals surface area contributed by atoms with Gasteiger partial charge < -0.3 is 14.2 Å². The van der Waals surface area contributed by atoms with Crippen molar-refractivity contribution >= 4 is 17.9 Å². The van der Waals surface area contributed by atoms with Crippen LogP contribution in [-0.4, -0.2) is 37.2 Å². The van der Waals surface area contributed by atoms with E-state index in [1.807, 2.05) is 6.08 Å². The van der Waals surface area contributed by atoms with Gasteiger partial charge in [0.25, 0.3) is 0 Å². The molecule has 6 heteroatoms. The summed E-state index contributed by atoms with van der Waals surface area (Å²) >= 11 is 0. The van der Waals surface area contributed by atoms with E-state index in [0.717, 1.165) is 103 Å². The first kappa shape index (κ1) is 70.3. The largest absolute Gasteiger partial charge is 0.462 e. The lowest BCUT2D eigenvalue weighted by molar-refractivity contribution is -0.166. The molecule has 0 rings (SSSR count). The maximum atomic E-state index is 12.9. The summed E-state index contributed by atoms with van der Waals surface area (Å²) in [7, 11) is 0. The van der Waals surface area contributed by atoms with Crippen LogP contribution in [0, 0.1) is 0 Å². The average molecular weight is 1030 g/mol. The van der Waals surface area contributed by atoms with Gasteiger partial charge in [-0.25, -0.2) is 0 Å². The second-order valence-corrected chi connectivity index (χ2v) is 20.6. The van der Waals surface area contributed by atoms with Crippen LogP contribution in [0.15, 0.2) is 97.2 Å². The van der Waals surface area contributed by atoms with Crippen molar-refractivity contribution in [1.82, 2.24) is 0 Å². The fourth-order valence-corrected chi connectivity index (χ4v) is 8.74. The van der Waals surface area contributed by atoms with E-state index < -0.39 is 6.10 Å². The van der Waals surface area contributed by atoms with Crippen LogP contribution in [0.1, 0.15) is 297 Å². The van der Waals surface area contributed by atoms with Crippen LogP contribution >= 0.6 is 0 Å². The number of carbonyl (C=O) groups is 3. The molecule has 0 aromatic rings. The summed E-state index contributed by atoms with van der Waals surface area (Å²) in [5.74, 6) is -1.01. The third-order valence-electron chi connectivity index (χ3n) is 13.3. The number of rotatable bonds is 56. The number of unbranched alkanes of at least 4 members (excludes halogenated alkanes) is 29. The van der Waals surface area contributed by atoms with Crippen LogP contribution < -0.4 is 0 Å². The van der Waals surface area contributed by atoms with Crippen LogP contribution in [0.3, 0.4) is 0 Å². The molecule has 424 valence electrons. The monoisotopic (exact) mass is 1030 g/mol. The zero-order chi connectivity index (χ0) is 53.6. The molecule has 0 aromatic carbocycles. The van der Waals surface area contributed by atoms with Gasteiger partial charge in [0.05, 0.1) is 0 Å². The number of hydrogen-bond donors (Lipinski definition) is 0. The van der Waals surface area contributed by atoms with Crippen LogP contribution in [0.4, 0.5) is 0 Å². The molecule has 1 atom stereocenters. The van der Waals surface area contributed by atoms with Crippen molar-refractivity contribution in [1.29, 1.82) is 0 Å². The zero-order valence-corrected chi connectivity index (χ0v) is 48.6. The number of esters is 3. The summed E-state index contributed by atoms with van der Waals surface area (Å²) in [6, 6.07) is 0. The highest BCUT2D eigenvalue weighted by Crippen LogP contribution is 2.17. The quantitative estimate of drug-likeness (QED) is 0.0261. The normalized spacial score (nSPS) is 12.7. The smallest absolute Gasteiger partial charge is 0.306 e. The first-order valence-electron chi connectivity index (χ1n) is 31.2. The van der Waals surface area contributed by atoms with Crippen LogP contribution in [0.25, 0.3) is 0 Å². The van der Waals surface area contributed by atoms with E-state index in [1.165, 1.54) is 148 Å². The standard InChI is InChI=1S/C68H116O6/c1-4-7-10-13-16-19-22-25-27-29-30-31-32-33-34-35-36-37-39-40-43-46-49-52-55-58-61-67(70)73-64-65(63-72-66(69)60-57-54-51-48-45-42-24-21-18-15-12-9-6-3)74-68(71)62-59-56-53-50-47-44-41-38-28-26-23-20-17-14-11-8-5-2/h8-9,11-12,17-18,20-21,26,28,41-42,44-45,51,54,65H,4-7,10,13-16,19,22-25,27,29-40,43,46-50,52-53,55-64H2,1-3H3/b11-8-,12-9-,20-17-,21-18-,28-26-,44-41-,45-42-,54-51-. The van der Waals surface area contributed by atoms with Gasteiger partial charge in [0.15, 0.2) is 6.10 Å². The fraction of sp³-hybridized carbons (Fsp3) is 0.721. The predicted octanol–water partition coefficient (Wildman–Crippen LogP) is 21.3. The summed E-state index contributed by atoms with van der Waals surface area (Å²) in [4.78, 5) is 38.2. The fourth-order valence-electron chi connectivity index (χ4n) is 8.74. The molecule has 1 unspecified atom stereocenters. The first-order valence-corrected chi connectivity index (χ1v) is 31.2. The van der Waals surface area contributed by atoms with Gasteiger partial charge in [-0.05, 0) is 83.5 Å². The second-order valence-electron chi connectivity index (χ2n) is 20.6. The molecule has 0 aliphatic rings. The topological polar surface area (TPSA) is 78.9 Å². The van der Waals surface area contributed by atoms with Crippen molar-refractivity contribution in [2.45, 2.75) is 303 Å². The summed E-state index contributed by atoms with van der Waals surface area (Å²) in [6.45, 7) is 6.35. The highest BCUT2D eigenvalue weighted by molar-refractivity contribution is 5.71. The van der Waals surface area contributed by atoms with Crippen molar-refractivity contribution in [2.75, 3.05) is 13.2 Å². The molecular formula is C68H116O6. The van der Waals surface area contributed by atoms with Gasteiger partial charge >= 0.3 is 17.9 Å². The lowest BCUT2D eigenvalue weighted by Gasteiger charge is -2.18. The molecule has 0 N–H and O–H groups in total. The predicted molar refractivity (Wildman–Crippen MR) is 320 cm³/mol. The lowest BCUT2D eigenvalue weighted by Crippen LogP contribution is -2.30. The zero-order valence-electron chi connectivity index (χ0n) is 48.6. The van der Waals surface area contributed by atoms with Crippen molar-refractivity contribution in [3.8, 4) is 0 Å². The van der Waals surface area contributed by atoms with E-state index in [-0.39, 0.29) is 44.0 Å². The molecule has 0 saturated carbocycles. The average Bonchev–Trinajstić information content (AvgIpc) is 3.40. The third-order valence-corrected chi connectivity index (χ3v) is 13.3. The maximum absolute atomic E-state index is 12.9. The van der Waals surface area contributed by atoms with Gasteiger partial charge in [0.2, 0.25) is 0 Å². The Morgan fingerprint density at radius 2 is 0.554 bits per heavy atom. The van der Waals surface area contributed by atoms with E-state index in [0.29, 0.717) is 12.8 Å². The van der Waals surface area contributed by atoms with Crippen molar-refractivity contribution in [3.05, 3.63) is 97.2 Å². The molecule has 0 aromatic heterocycles. The molecular weight excluding hydrogens is 913 g/mol. The van der Waals surface area contributed by atoms with E-state index in [4.69, 9.17) is 14.2 Å².